The molecule has 114 valence electrons. The van der Waals surface area contributed by atoms with E-state index in [1.165, 1.54) is 18.9 Å². The van der Waals surface area contributed by atoms with Crippen molar-refractivity contribution in [3.63, 3.8) is 0 Å². The van der Waals surface area contributed by atoms with Gasteiger partial charge in [-0.25, -0.2) is 4.98 Å². The monoisotopic (exact) mass is 313 g/mol. The van der Waals surface area contributed by atoms with Crippen LogP contribution < -0.4 is 5.32 Å². The summed E-state index contributed by atoms with van der Waals surface area (Å²) in [7, 11) is 0. The molecule has 1 aliphatic rings. The Morgan fingerprint density at radius 1 is 1.57 bits per heavy atom. The number of hydrogen-bond acceptors (Lipinski definition) is 5. The maximum Gasteiger partial charge on any atom is 0.300 e. The van der Waals surface area contributed by atoms with Crippen molar-refractivity contribution < 1.29 is 14.5 Å². The molecule has 1 amide bonds. The average Bonchev–Trinajstić information content (AvgIpc) is 3.26. The van der Waals surface area contributed by atoms with E-state index in [4.69, 9.17) is 16.3 Å². The molecule has 2 rings (SSSR count). The largest absolute Gasteiger partial charge is 0.381 e. The average molecular weight is 314 g/mol. The third-order valence-corrected chi connectivity index (χ3v) is 3.30. The van der Waals surface area contributed by atoms with Crippen molar-refractivity contribution in [1.29, 1.82) is 0 Å². The number of halogens is 1. The molecule has 1 N–H and O–H groups in total. The lowest BCUT2D eigenvalue weighted by Crippen LogP contribution is -2.26. The number of nitro groups is 1. The van der Waals surface area contributed by atoms with Crippen LogP contribution in [-0.2, 0) is 4.74 Å². The number of carbonyl (C=O) groups is 1. The van der Waals surface area contributed by atoms with Crippen molar-refractivity contribution >= 4 is 23.2 Å². The van der Waals surface area contributed by atoms with Gasteiger partial charge in [-0.15, -0.1) is 0 Å². The molecule has 1 aliphatic carbocycles. The van der Waals surface area contributed by atoms with Crippen LogP contribution in [0.25, 0.3) is 0 Å². The fourth-order valence-electron chi connectivity index (χ4n) is 1.76. The van der Waals surface area contributed by atoms with E-state index < -0.39 is 10.8 Å². The van der Waals surface area contributed by atoms with Gasteiger partial charge in [0.15, 0.2) is 0 Å². The summed E-state index contributed by atoms with van der Waals surface area (Å²) in [4.78, 5) is 25.7. The van der Waals surface area contributed by atoms with Crippen LogP contribution in [0, 0.1) is 16.0 Å². The van der Waals surface area contributed by atoms with Gasteiger partial charge in [-0.1, -0.05) is 11.6 Å². The third kappa shape index (κ3) is 4.95. The van der Waals surface area contributed by atoms with E-state index in [9.17, 15) is 14.9 Å². The van der Waals surface area contributed by atoms with Gasteiger partial charge < -0.3 is 10.1 Å². The van der Waals surface area contributed by atoms with Gasteiger partial charge in [-0.2, -0.15) is 0 Å². The molecular weight excluding hydrogens is 298 g/mol. The van der Waals surface area contributed by atoms with Crippen LogP contribution in [0.4, 0.5) is 5.69 Å². The Kier molecular flexibility index (Phi) is 5.46. The number of amides is 1. The minimum Gasteiger partial charge on any atom is -0.381 e. The summed E-state index contributed by atoms with van der Waals surface area (Å²) >= 11 is 5.67. The first-order chi connectivity index (χ1) is 10.1. The summed E-state index contributed by atoms with van der Waals surface area (Å²) in [6.07, 6.45) is 4.12. The molecule has 0 saturated heterocycles. The minimum absolute atomic E-state index is 0.0403. The fraction of sp³-hybridized carbons (Fsp3) is 0.538. The summed E-state index contributed by atoms with van der Waals surface area (Å²) in [5, 5.41) is 13.5. The molecule has 1 saturated carbocycles. The predicted molar refractivity (Wildman–Crippen MR) is 76.4 cm³/mol. The Balaban J connectivity index is 1.79. The van der Waals surface area contributed by atoms with Crippen molar-refractivity contribution in [3.05, 3.63) is 33.1 Å². The number of nitrogens with zero attached hydrogens (tertiary/aromatic N) is 2. The van der Waals surface area contributed by atoms with Crippen molar-refractivity contribution in [2.45, 2.75) is 19.3 Å². The van der Waals surface area contributed by atoms with Gasteiger partial charge in [-0.3, -0.25) is 14.9 Å². The van der Waals surface area contributed by atoms with Crippen molar-refractivity contribution in [1.82, 2.24) is 10.3 Å². The summed E-state index contributed by atoms with van der Waals surface area (Å²) in [6, 6.07) is 1.19. The molecule has 0 aromatic carbocycles. The number of ether oxygens (including phenoxy) is 1. The molecule has 0 bridgehead atoms. The van der Waals surface area contributed by atoms with Crippen molar-refractivity contribution in [2.24, 2.45) is 5.92 Å². The lowest BCUT2D eigenvalue weighted by Gasteiger charge is -2.06. The highest BCUT2D eigenvalue weighted by molar-refractivity contribution is 6.29. The molecule has 0 aliphatic heterocycles. The van der Waals surface area contributed by atoms with Crippen LogP contribution >= 0.6 is 11.6 Å². The van der Waals surface area contributed by atoms with Gasteiger partial charge in [-0.05, 0) is 31.2 Å². The van der Waals surface area contributed by atoms with E-state index in [0.717, 1.165) is 12.8 Å². The van der Waals surface area contributed by atoms with Crippen LogP contribution in [0.1, 0.15) is 29.6 Å². The zero-order valence-electron chi connectivity index (χ0n) is 11.4. The highest BCUT2D eigenvalue weighted by Gasteiger charge is 2.22. The number of pyridine rings is 1. The van der Waals surface area contributed by atoms with Crippen molar-refractivity contribution in [3.8, 4) is 0 Å². The van der Waals surface area contributed by atoms with E-state index in [0.29, 0.717) is 25.5 Å². The van der Waals surface area contributed by atoms with Crippen LogP contribution in [0.15, 0.2) is 12.3 Å². The van der Waals surface area contributed by atoms with Gasteiger partial charge >= 0.3 is 0 Å². The molecule has 1 aromatic rings. The van der Waals surface area contributed by atoms with Gasteiger partial charge in [0, 0.05) is 19.8 Å². The molecule has 1 fully saturated rings. The first-order valence-corrected chi connectivity index (χ1v) is 7.11. The molecule has 0 radical (unpaired) electrons. The minimum atomic E-state index is -0.656. The molecule has 21 heavy (non-hydrogen) atoms. The van der Waals surface area contributed by atoms with E-state index in [1.54, 1.807) is 0 Å². The number of hydrogen-bond donors (Lipinski definition) is 1. The normalized spacial score (nSPS) is 14.0. The molecule has 0 spiro atoms. The molecule has 0 unspecified atom stereocenters. The van der Waals surface area contributed by atoms with Crippen molar-refractivity contribution in [2.75, 3.05) is 19.8 Å². The lowest BCUT2D eigenvalue weighted by molar-refractivity contribution is -0.385. The second kappa shape index (κ2) is 7.33. The summed E-state index contributed by atoms with van der Waals surface area (Å²) in [6.45, 7) is 1.73. The Morgan fingerprint density at radius 2 is 2.33 bits per heavy atom. The molecule has 8 heteroatoms. The highest BCUT2D eigenvalue weighted by atomic mass is 35.5. The predicted octanol–water partition coefficient (Wildman–Crippen LogP) is 2.19. The number of aromatic nitrogens is 1. The zero-order chi connectivity index (χ0) is 15.2. The zero-order valence-corrected chi connectivity index (χ0v) is 12.1. The Bertz CT molecular complexity index is 534. The highest BCUT2D eigenvalue weighted by Crippen LogP contribution is 2.28. The quantitative estimate of drug-likeness (QED) is 0.343. The third-order valence-electron chi connectivity index (χ3n) is 3.09. The summed E-state index contributed by atoms with van der Waals surface area (Å²) in [5.74, 6) is 0.175. The second-order valence-corrected chi connectivity index (χ2v) is 5.30. The summed E-state index contributed by atoms with van der Waals surface area (Å²) in [5.41, 5.74) is -0.444. The Morgan fingerprint density at radius 3 is 3.00 bits per heavy atom. The molecular formula is C13H16ClN3O4. The van der Waals surface area contributed by atoms with E-state index in [2.05, 4.69) is 10.3 Å². The standard InChI is InChI=1S/C13H16ClN3O4/c14-12-6-10(11(7-16-12)17(19)20)13(18)15-4-1-5-21-8-9-2-3-9/h6-7,9H,1-5,8H2,(H,15,18). The fourth-order valence-corrected chi connectivity index (χ4v) is 1.91. The number of nitrogens with one attached hydrogen (secondary N) is 1. The number of rotatable bonds is 8. The van der Waals surface area contributed by atoms with E-state index >= 15 is 0 Å². The van der Waals surface area contributed by atoms with Gasteiger partial charge in [0.05, 0.1) is 4.92 Å². The van der Waals surface area contributed by atoms with Crippen LogP contribution in [0.5, 0.6) is 0 Å². The molecule has 0 atom stereocenters. The van der Waals surface area contributed by atoms with E-state index in [1.807, 2.05) is 0 Å². The maximum absolute atomic E-state index is 11.9. The molecule has 1 heterocycles. The first-order valence-electron chi connectivity index (χ1n) is 6.74. The molecule has 1 aromatic heterocycles. The van der Waals surface area contributed by atoms with Gasteiger partial charge in [0.1, 0.15) is 16.9 Å². The topological polar surface area (TPSA) is 94.4 Å². The Hall–Kier alpha value is -1.73. The van der Waals surface area contributed by atoms with Crippen LogP contribution in [0.2, 0.25) is 5.15 Å². The Labute approximate surface area is 126 Å². The summed E-state index contributed by atoms with van der Waals surface area (Å²) < 4.78 is 5.44. The first kappa shape index (κ1) is 15.7. The van der Waals surface area contributed by atoms with Gasteiger partial charge in [0.25, 0.3) is 11.6 Å². The van der Waals surface area contributed by atoms with Gasteiger partial charge in [0.2, 0.25) is 0 Å². The van der Waals surface area contributed by atoms with Crippen LogP contribution in [0.3, 0.4) is 0 Å². The lowest BCUT2D eigenvalue weighted by atomic mass is 10.2. The maximum atomic E-state index is 11.9. The number of carbonyl (C=O) groups excluding carboxylic acids is 1. The second-order valence-electron chi connectivity index (χ2n) is 4.91. The van der Waals surface area contributed by atoms with Crippen LogP contribution in [-0.4, -0.2) is 35.6 Å². The SMILES string of the molecule is O=C(NCCCOCC1CC1)c1cc(Cl)ncc1[N+](=O)[O-]. The molecule has 7 nitrogen and oxygen atoms in total. The van der Waals surface area contributed by atoms with E-state index in [-0.39, 0.29) is 16.4 Å². The smallest absolute Gasteiger partial charge is 0.300 e.